The van der Waals surface area contributed by atoms with Crippen molar-refractivity contribution in [2.75, 3.05) is 5.73 Å². The highest BCUT2D eigenvalue weighted by atomic mass is 79.9. The maximum absolute atomic E-state index is 5.37. The van der Waals surface area contributed by atoms with Crippen LogP contribution in [0.5, 0.6) is 0 Å². The van der Waals surface area contributed by atoms with Gasteiger partial charge in [0.05, 0.1) is 0 Å². The van der Waals surface area contributed by atoms with E-state index in [-0.39, 0.29) is 5.95 Å². The molecule has 0 aliphatic rings. The number of nitrogens with zero attached hydrogens (tertiary/aromatic N) is 2. The molecule has 2 rings (SSSR count). The Bertz CT molecular complexity index is 394. The molecule has 0 fully saturated rings. The fraction of sp³-hybridized carbons (Fsp3) is 0. The fourth-order valence-corrected chi connectivity index (χ4v) is 2.31. The molecule has 6 heteroatoms. The average molecular weight is 245 g/mol. The van der Waals surface area contributed by atoms with Gasteiger partial charge in [-0.15, -0.1) is 5.10 Å². The van der Waals surface area contributed by atoms with Crippen LogP contribution in [0.3, 0.4) is 0 Å². The van der Waals surface area contributed by atoms with Crippen LogP contribution in [0.2, 0.25) is 0 Å². The Morgan fingerprint density at radius 3 is 2.83 bits per heavy atom. The molecule has 0 aliphatic heterocycles. The topological polar surface area (TPSA) is 67.6 Å². The minimum absolute atomic E-state index is 0.267. The molecular weight excluding hydrogens is 240 g/mol. The molecule has 0 saturated heterocycles. The van der Waals surface area contributed by atoms with E-state index in [9.17, 15) is 0 Å². The molecule has 0 atom stereocenters. The monoisotopic (exact) mass is 244 g/mol. The van der Waals surface area contributed by atoms with Crippen molar-refractivity contribution in [2.24, 2.45) is 0 Å². The van der Waals surface area contributed by atoms with Crippen molar-refractivity contribution in [3.8, 4) is 11.4 Å². The molecule has 0 radical (unpaired) electrons. The third kappa shape index (κ3) is 1.23. The third-order valence-corrected chi connectivity index (χ3v) is 3.08. The molecule has 0 aliphatic carbocycles. The van der Waals surface area contributed by atoms with Crippen molar-refractivity contribution in [1.82, 2.24) is 15.2 Å². The summed E-state index contributed by atoms with van der Waals surface area (Å²) in [4.78, 5) is 4.00. The summed E-state index contributed by atoms with van der Waals surface area (Å²) in [7, 11) is 0. The van der Waals surface area contributed by atoms with E-state index in [0.29, 0.717) is 5.82 Å². The first kappa shape index (κ1) is 7.75. The Morgan fingerprint density at radius 1 is 1.50 bits per heavy atom. The summed E-state index contributed by atoms with van der Waals surface area (Å²) < 4.78 is 1.00. The highest BCUT2D eigenvalue weighted by molar-refractivity contribution is 9.10. The Balaban J connectivity index is 2.50. The third-order valence-electron chi connectivity index (χ3n) is 1.37. The maximum atomic E-state index is 5.37. The van der Waals surface area contributed by atoms with Crippen LogP contribution in [-0.2, 0) is 0 Å². The highest BCUT2D eigenvalue weighted by Gasteiger charge is 2.07. The van der Waals surface area contributed by atoms with Crippen LogP contribution < -0.4 is 5.73 Å². The van der Waals surface area contributed by atoms with Crippen LogP contribution in [0.15, 0.2) is 15.2 Å². The normalized spacial score (nSPS) is 10.4. The number of H-pyrrole nitrogens is 1. The Labute approximate surface area is 81.0 Å². The molecule has 4 nitrogen and oxygen atoms in total. The number of aromatic amines is 1. The lowest BCUT2D eigenvalue weighted by Gasteiger charge is -1.89. The predicted molar refractivity (Wildman–Crippen MR) is 51.8 cm³/mol. The second-order valence-electron chi connectivity index (χ2n) is 2.18. The van der Waals surface area contributed by atoms with Gasteiger partial charge in [0, 0.05) is 20.8 Å². The van der Waals surface area contributed by atoms with Crippen molar-refractivity contribution in [3.05, 3.63) is 15.2 Å². The van der Waals surface area contributed by atoms with Gasteiger partial charge in [-0.2, -0.15) is 16.3 Å². The zero-order valence-electron chi connectivity index (χ0n) is 5.91. The van der Waals surface area contributed by atoms with Crippen LogP contribution in [0.1, 0.15) is 0 Å². The van der Waals surface area contributed by atoms with E-state index in [1.165, 1.54) is 0 Å². The SMILES string of the molecule is Nc1n[nH]c(-c2cscc2Br)n1. The van der Waals surface area contributed by atoms with E-state index in [4.69, 9.17) is 5.73 Å². The summed E-state index contributed by atoms with van der Waals surface area (Å²) in [5.74, 6) is 0.962. The van der Waals surface area contributed by atoms with E-state index in [1.54, 1.807) is 11.3 Å². The molecule has 0 bridgehead atoms. The number of nitrogens with one attached hydrogen (secondary N) is 1. The zero-order valence-corrected chi connectivity index (χ0v) is 8.32. The van der Waals surface area contributed by atoms with Crippen molar-refractivity contribution < 1.29 is 0 Å². The van der Waals surface area contributed by atoms with Crippen LogP contribution in [0, 0.1) is 0 Å². The number of rotatable bonds is 1. The van der Waals surface area contributed by atoms with Crippen LogP contribution >= 0.6 is 27.3 Å². The lowest BCUT2D eigenvalue weighted by Crippen LogP contribution is -1.85. The summed E-state index contributed by atoms with van der Waals surface area (Å²) in [6, 6.07) is 0. The number of hydrogen-bond acceptors (Lipinski definition) is 4. The Hall–Kier alpha value is -0.880. The molecule has 3 N–H and O–H groups in total. The quantitative estimate of drug-likeness (QED) is 0.805. The van der Waals surface area contributed by atoms with Crippen LogP contribution in [0.4, 0.5) is 5.95 Å². The molecule has 62 valence electrons. The van der Waals surface area contributed by atoms with Crippen molar-refractivity contribution in [2.45, 2.75) is 0 Å². The Kier molecular flexibility index (Phi) is 1.86. The second kappa shape index (κ2) is 2.87. The van der Waals surface area contributed by atoms with Crippen molar-refractivity contribution in [1.29, 1.82) is 0 Å². The first-order valence-electron chi connectivity index (χ1n) is 3.17. The molecule has 0 unspecified atom stereocenters. The highest BCUT2D eigenvalue weighted by Crippen LogP contribution is 2.29. The molecular formula is C6H5BrN4S. The molecule has 0 amide bonds. The summed E-state index contributed by atoms with van der Waals surface area (Å²) in [5, 5.41) is 10.4. The first-order valence-corrected chi connectivity index (χ1v) is 4.91. The van der Waals surface area contributed by atoms with E-state index >= 15 is 0 Å². The fourth-order valence-electron chi connectivity index (χ4n) is 0.846. The Morgan fingerprint density at radius 2 is 2.33 bits per heavy atom. The lowest BCUT2D eigenvalue weighted by atomic mass is 10.3. The van der Waals surface area contributed by atoms with E-state index in [2.05, 4.69) is 31.1 Å². The first-order chi connectivity index (χ1) is 5.77. The molecule has 2 heterocycles. The van der Waals surface area contributed by atoms with Gasteiger partial charge in [-0.3, -0.25) is 5.10 Å². The van der Waals surface area contributed by atoms with Gasteiger partial charge in [0.1, 0.15) is 0 Å². The molecule has 0 aromatic carbocycles. The summed E-state index contributed by atoms with van der Waals surface area (Å²) in [5.41, 5.74) is 6.36. The molecule has 12 heavy (non-hydrogen) atoms. The number of nitrogen functional groups attached to an aromatic ring is 1. The summed E-state index contributed by atoms with van der Waals surface area (Å²) >= 11 is 4.99. The largest absolute Gasteiger partial charge is 0.366 e. The number of hydrogen-bond donors (Lipinski definition) is 2. The van der Waals surface area contributed by atoms with Gasteiger partial charge in [-0.05, 0) is 15.9 Å². The number of nitrogens with two attached hydrogens (primary N) is 1. The van der Waals surface area contributed by atoms with Crippen molar-refractivity contribution >= 4 is 33.2 Å². The zero-order chi connectivity index (χ0) is 8.55. The number of halogens is 1. The maximum Gasteiger partial charge on any atom is 0.239 e. The van der Waals surface area contributed by atoms with Gasteiger partial charge in [0.2, 0.25) is 5.95 Å². The van der Waals surface area contributed by atoms with Crippen LogP contribution in [0.25, 0.3) is 11.4 Å². The van der Waals surface area contributed by atoms with Gasteiger partial charge in [-0.1, -0.05) is 0 Å². The average Bonchev–Trinajstić information content (AvgIpc) is 2.58. The van der Waals surface area contributed by atoms with Gasteiger partial charge in [-0.25, -0.2) is 0 Å². The van der Waals surface area contributed by atoms with Crippen molar-refractivity contribution in [3.63, 3.8) is 0 Å². The lowest BCUT2D eigenvalue weighted by molar-refractivity contribution is 1.10. The molecule has 2 aromatic rings. The van der Waals surface area contributed by atoms with E-state index in [1.807, 2.05) is 10.8 Å². The molecule has 0 saturated carbocycles. The predicted octanol–water partition coefficient (Wildman–Crippen LogP) is 1.88. The minimum Gasteiger partial charge on any atom is -0.366 e. The minimum atomic E-state index is 0.267. The van der Waals surface area contributed by atoms with E-state index in [0.717, 1.165) is 10.0 Å². The van der Waals surface area contributed by atoms with Crippen LogP contribution in [-0.4, -0.2) is 15.2 Å². The molecule has 2 aromatic heterocycles. The van der Waals surface area contributed by atoms with Gasteiger partial charge >= 0.3 is 0 Å². The van der Waals surface area contributed by atoms with Gasteiger partial charge in [0.25, 0.3) is 0 Å². The molecule has 0 spiro atoms. The summed E-state index contributed by atoms with van der Waals surface area (Å²) in [6.07, 6.45) is 0. The van der Waals surface area contributed by atoms with Gasteiger partial charge < -0.3 is 5.73 Å². The summed E-state index contributed by atoms with van der Waals surface area (Å²) in [6.45, 7) is 0. The second-order valence-corrected chi connectivity index (χ2v) is 3.77. The van der Waals surface area contributed by atoms with E-state index < -0.39 is 0 Å². The number of aromatic nitrogens is 3. The van der Waals surface area contributed by atoms with Gasteiger partial charge in [0.15, 0.2) is 5.82 Å². The smallest absolute Gasteiger partial charge is 0.239 e. The standard InChI is InChI=1S/C6H5BrN4S/c7-4-2-12-1-3(4)5-9-6(8)11-10-5/h1-2H,(H3,8,9,10,11). The number of thiophene rings is 1. The number of anilines is 1.